The van der Waals surface area contributed by atoms with Crippen molar-refractivity contribution < 1.29 is 10.2 Å². The molecule has 0 saturated carbocycles. The number of nitrogens with one attached hydrogen (secondary N) is 1. The van der Waals surface area contributed by atoms with Gasteiger partial charge in [-0.05, 0) is 20.0 Å². The molecule has 4 nitrogen and oxygen atoms in total. The number of hydrogen-bond acceptors (Lipinski definition) is 4. The SMILES string of the molecule is CCN(CC)CCNCC(C)(O)CO. The second-order valence-corrected chi connectivity index (χ2v) is 3.86. The second kappa shape index (κ2) is 7.17. The van der Waals surface area contributed by atoms with Crippen molar-refractivity contribution in [2.24, 2.45) is 0 Å². The predicted octanol–water partition coefficient (Wildman–Crippen LogP) is -0.339. The van der Waals surface area contributed by atoms with E-state index in [9.17, 15) is 5.11 Å². The van der Waals surface area contributed by atoms with Crippen LogP contribution in [0.5, 0.6) is 0 Å². The Kier molecular flexibility index (Phi) is 7.09. The Labute approximate surface area is 86.9 Å². The summed E-state index contributed by atoms with van der Waals surface area (Å²) >= 11 is 0. The van der Waals surface area contributed by atoms with E-state index in [-0.39, 0.29) is 6.61 Å². The van der Waals surface area contributed by atoms with Gasteiger partial charge in [0, 0.05) is 19.6 Å². The highest BCUT2D eigenvalue weighted by molar-refractivity contribution is 4.74. The summed E-state index contributed by atoms with van der Waals surface area (Å²) in [7, 11) is 0. The second-order valence-electron chi connectivity index (χ2n) is 3.86. The largest absolute Gasteiger partial charge is 0.393 e. The molecule has 0 saturated heterocycles. The highest BCUT2D eigenvalue weighted by Crippen LogP contribution is 1.97. The number of hydrogen-bond donors (Lipinski definition) is 3. The zero-order valence-electron chi connectivity index (χ0n) is 9.58. The first-order valence-corrected chi connectivity index (χ1v) is 5.32. The molecule has 0 aliphatic carbocycles. The number of rotatable bonds is 8. The summed E-state index contributed by atoms with van der Waals surface area (Å²) in [5.74, 6) is 0. The van der Waals surface area contributed by atoms with Crippen LogP contribution < -0.4 is 5.32 Å². The fraction of sp³-hybridized carbons (Fsp3) is 1.00. The molecule has 0 bridgehead atoms. The van der Waals surface area contributed by atoms with E-state index in [1.54, 1.807) is 6.92 Å². The van der Waals surface area contributed by atoms with Gasteiger partial charge < -0.3 is 20.4 Å². The normalized spacial score (nSPS) is 15.9. The van der Waals surface area contributed by atoms with Crippen molar-refractivity contribution in [1.29, 1.82) is 0 Å². The fourth-order valence-corrected chi connectivity index (χ4v) is 1.19. The summed E-state index contributed by atoms with van der Waals surface area (Å²) < 4.78 is 0. The summed E-state index contributed by atoms with van der Waals surface area (Å²) in [6, 6.07) is 0. The molecule has 0 fully saturated rings. The van der Waals surface area contributed by atoms with Crippen LogP contribution >= 0.6 is 0 Å². The zero-order chi connectivity index (χ0) is 11.0. The molecule has 4 heteroatoms. The first-order chi connectivity index (χ1) is 6.55. The summed E-state index contributed by atoms with van der Waals surface area (Å²) in [5.41, 5.74) is -0.997. The Morgan fingerprint density at radius 3 is 2.29 bits per heavy atom. The van der Waals surface area contributed by atoms with Gasteiger partial charge in [-0.2, -0.15) is 0 Å². The van der Waals surface area contributed by atoms with Gasteiger partial charge in [0.1, 0.15) is 0 Å². The van der Waals surface area contributed by atoms with Crippen molar-refractivity contribution >= 4 is 0 Å². The minimum absolute atomic E-state index is 0.203. The van der Waals surface area contributed by atoms with Crippen molar-refractivity contribution in [2.75, 3.05) is 39.3 Å². The van der Waals surface area contributed by atoms with Gasteiger partial charge in [0.15, 0.2) is 0 Å². The first-order valence-electron chi connectivity index (χ1n) is 5.32. The molecule has 0 spiro atoms. The Balaban J connectivity index is 3.45. The lowest BCUT2D eigenvalue weighted by molar-refractivity contribution is 0.00259. The van der Waals surface area contributed by atoms with E-state index in [2.05, 4.69) is 24.1 Å². The minimum atomic E-state index is -0.997. The van der Waals surface area contributed by atoms with E-state index in [0.29, 0.717) is 6.54 Å². The smallest absolute Gasteiger partial charge is 0.0972 e. The Morgan fingerprint density at radius 1 is 1.29 bits per heavy atom. The van der Waals surface area contributed by atoms with Crippen molar-refractivity contribution in [2.45, 2.75) is 26.4 Å². The summed E-state index contributed by atoms with van der Waals surface area (Å²) in [5, 5.41) is 21.4. The lowest BCUT2D eigenvalue weighted by Crippen LogP contribution is -2.43. The maximum Gasteiger partial charge on any atom is 0.0972 e. The first kappa shape index (κ1) is 13.8. The lowest BCUT2D eigenvalue weighted by atomic mass is 10.1. The van der Waals surface area contributed by atoms with E-state index in [1.807, 2.05) is 0 Å². The molecule has 86 valence electrons. The van der Waals surface area contributed by atoms with Gasteiger partial charge in [-0.15, -0.1) is 0 Å². The standard InChI is InChI=1S/C10H24N2O2/c1-4-12(5-2)7-6-11-8-10(3,14)9-13/h11,13-14H,4-9H2,1-3H3. The van der Waals surface area contributed by atoms with Crippen LogP contribution in [0.3, 0.4) is 0 Å². The number of aliphatic hydroxyl groups is 2. The average molecular weight is 204 g/mol. The molecule has 0 aliphatic heterocycles. The molecule has 3 N–H and O–H groups in total. The van der Waals surface area contributed by atoms with Crippen molar-refractivity contribution in [3.05, 3.63) is 0 Å². The topological polar surface area (TPSA) is 55.7 Å². The molecule has 0 aliphatic rings. The molecule has 0 aromatic carbocycles. The van der Waals surface area contributed by atoms with E-state index in [1.165, 1.54) is 0 Å². The molecule has 0 aromatic heterocycles. The molecule has 0 radical (unpaired) electrons. The van der Waals surface area contributed by atoms with E-state index < -0.39 is 5.60 Å². The number of aliphatic hydroxyl groups excluding tert-OH is 1. The third kappa shape index (κ3) is 6.32. The van der Waals surface area contributed by atoms with Gasteiger partial charge >= 0.3 is 0 Å². The van der Waals surface area contributed by atoms with Gasteiger partial charge in [-0.25, -0.2) is 0 Å². The highest BCUT2D eigenvalue weighted by Gasteiger charge is 2.17. The maximum absolute atomic E-state index is 9.48. The number of likely N-dealkylation sites (N-methyl/N-ethyl adjacent to an activating group) is 1. The minimum Gasteiger partial charge on any atom is -0.393 e. The third-order valence-electron chi connectivity index (χ3n) is 2.35. The highest BCUT2D eigenvalue weighted by atomic mass is 16.3. The summed E-state index contributed by atoms with van der Waals surface area (Å²) in [4.78, 5) is 2.31. The molecule has 1 unspecified atom stereocenters. The Hall–Kier alpha value is -0.160. The van der Waals surface area contributed by atoms with Gasteiger partial charge in [0.25, 0.3) is 0 Å². The summed E-state index contributed by atoms with van der Waals surface area (Å²) in [6.45, 7) is 10.0. The maximum atomic E-state index is 9.48. The zero-order valence-corrected chi connectivity index (χ0v) is 9.58. The Bertz CT molecular complexity index is 136. The monoisotopic (exact) mass is 204 g/mol. The Morgan fingerprint density at radius 2 is 1.86 bits per heavy atom. The van der Waals surface area contributed by atoms with Crippen LogP contribution in [0.25, 0.3) is 0 Å². The predicted molar refractivity (Wildman–Crippen MR) is 58.4 cm³/mol. The van der Waals surface area contributed by atoms with Crippen LogP contribution in [0.1, 0.15) is 20.8 Å². The van der Waals surface area contributed by atoms with E-state index in [4.69, 9.17) is 5.11 Å². The molecular weight excluding hydrogens is 180 g/mol. The third-order valence-corrected chi connectivity index (χ3v) is 2.35. The van der Waals surface area contributed by atoms with Crippen LogP contribution in [0.4, 0.5) is 0 Å². The summed E-state index contributed by atoms with van der Waals surface area (Å²) in [6.07, 6.45) is 0. The van der Waals surface area contributed by atoms with E-state index >= 15 is 0 Å². The van der Waals surface area contributed by atoms with E-state index in [0.717, 1.165) is 26.2 Å². The van der Waals surface area contributed by atoms with Gasteiger partial charge in [0.05, 0.1) is 12.2 Å². The van der Waals surface area contributed by atoms with Crippen LogP contribution in [0.2, 0.25) is 0 Å². The van der Waals surface area contributed by atoms with Crippen molar-refractivity contribution in [3.63, 3.8) is 0 Å². The molecular formula is C10H24N2O2. The van der Waals surface area contributed by atoms with Crippen LogP contribution in [0, 0.1) is 0 Å². The van der Waals surface area contributed by atoms with Crippen LogP contribution in [0.15, 0.2) is 0 Å². The van der Waals surface area contributed by atoms with Gasteiger partial charge in [-0.1, -0.05) is 13.8 Å². The van der Waals surface area contributed by atoms with Crippen LogP contribution in [-0.2, 0) is 0 Å². The molecule has 0 rings (SSSR count). The fourth-order valence-electron chi connectivity index (χ4n) is 1.19. The van der Waals surface area contributed by atoms with Crippen molar-refractivity contribution in [1.82, 2.24) is 10.2 Å². The quantitative estimate of drug-likeness (QED) is 0.474. The molecule has 0 heterocycles. The van der Waals surface area contributed by atoms with Gasteiger partial charge in [-0.3, -0.25) is 0 Å². The molecule has 0 aromatic rings. The molecule has 0 amide bonds. The van der Waals surface area contributed by atoms with Gasteiger partial charge in [0.2, 0.25) is 0 Å². The van der Waals surface area contributed by atoms with Crippen molar-refractivity contribution in [3.8, 4) is 0 Å². The van der Waals surface area contributed by atoms with Crippen LogP contribution in [-0.4, -0.2) is 60.0 Å². The number of nitrogens with zero attached hydrogens (tertiary/aromatic N) is 1. The lowest BCUT2D eigenvalue weighted by Gasteiger charge is -2.22. The average Bonchev–Trinajstić information content (AvgIpc) is 2.18. The molecule has 1 atom stereocenters. The molecule has 14 heavy (non-hydrogen) atoms.